The van der Waals surface area contributed by atoms with Crippen molar-refractivity contribution in [2.45, 2.75) is 69.4 Å². The quantitative estimate of drug-likeness (QED) is 0.864. The molecule has 146 valence electrons. The maximum absolute atomic E-state index is 13.1. The number of likely N-dealkylation sites (tertiary alicyclic amines) is 1. The van der Waals surface area contributed by atoms with Gasteiger partial charge >= 0.3 is 0 Å². The molecule has 0 unspecified atom stereocenters. The molecule has 0 spiro atoms. The number of hydrogen-bond acceptors (Lipinski definition) is 3. The topological polar surface area (TPSA) is 58.6 Å². The van der Waals surface area contributed by atoms with Crippen molar-refractivity contribution in [3.05, 3.63) is 29.8 Å². The van der Waals surface area contributed by atoms with Crippen LogP contribution in [0.3, 0.4) is 0 Å². The number of hydrogen-bond donors (Lipinski definition) is 1. The van der Waals surface area contributed by atoms with Crippen molar-refractivity contribution >= 4 is 11.8 Å². The second kappa shape index (κ2) is 7.53. The van der Waals surface area contributed by atoms with Crippen LogP contribution in [0.4, 0.5) is 0 Å². The van der Waals surface area contributed by atoms with Crippen LogP contribution in [0.2, 0.25) is 0 Å². The highest BCUT2D eigenvalue weighted by atomic mass is 16.5. The molecular weight excluding hydrogens is 340 g/mol. The van der Waals surface area contributed by atoms with Gasteiger partial charge in [-0.05, 0) is 43.4 Å². The van der Waals surface area contributed by atoms with Gasteiger partial charge in [0.1, 0.15) is 5.75 Å². The molecule has 2 saturated carbocycles. The van der Waals surface area contributed by atoms with Crippen molar-refractivity contribution in [2.75, 3.05) is 13.7 Å². The van der Waals surface area contributed by atoms with E-state index in [-0.39, 0.29) is 23.3 Å². The van der Waals surface area contributed by atoms with Gasteiger partial charge in [0.05, 0.1) is 18.6 Å². The van der Waals surface area contributed by atoms with E-state index in [1.54, 1.807) is 7.11 Å². The van der Waals surface area contributed by atoms with Crippen LogP contribution in [0, 0.1) is 5.92 Å². The molecule has 0 radical (unpaired) electrons. The summed E-state index contributed by atoms with van der Waals surface area (Å²) in [7, 11) is 1.66. The third kappa shape index (κ3) is 3.56. The van der Waals surface area contributed by atoms with E-state index in [0.717, 1.165) is 49.8 Å². The number of carbonyl (C=O) groups is 2. The third-order valence-corrected chi connectivity index (χ3v) is 6.76. The number of rotatable bonds is 5. The third-order valence-electron chi connectivity index (χ3n) is 6.76. The van der Waals surface area contributed by atoms with Crippen molar-refractivity contribution in [1.82, 2.24) is 10.2 Å². The van der Waals surface area contributed by atoms with Crippen molar-refractivity contribution in [3.63, 3.8) is 0 Å². The number of nitrogens with zero attached hydrogens (tertiary/aromatic N) is 1. The van der Waals surface area contributed by atoms with Crippen LogP contribution in [-0.4, -0.2) is 36.4 Å². The van der Waals surface area contributed by atoms with E-state index < -0.39 is 0 Å². The SMILES string of the molecule is COc1ccc(C2(NC(=O)[C@H]3CC(=O)N(C4CCCC4)C3)CCCC2)cc1. The van der Waals surface area contributed by atoms with Gasteiger partial charge in [-0.3, -0.25) is 9.59 Å². The summed E-state index contributed by atoms with van der Waals surface area (Å²) >= 11 is 0. The molecule has 1 aliphatic heterocycles. The predicted molar refractivity (Wildman–Crippen MR) is 103 cm³/mol. The molecule has 5 heteroatoms. The molecule has 0 bridgehead atoms. The minimum absolute atomic E-state index is 0.0431. The summed E-state index contributed by atoms with van der Waals surface area (Å²) in [6.45, 7) is 0.591. The lowest BCUT2D eigenvalue weighted by atomic mass is 9.87. The van der Waals surface area contributed by atoms with E-state index in [2.05, 4.69) is 17.4 Å². The van der Waals surface area contributed by atoms with Crippen molar-refractivity contribution in [2.24, 2.45) is 5.92 Å². The molecule has 4 rings (SSSR count). The first kappa shape index (κ1) is 18.3. The minimum Gasteiger partial charge on any atom is -0.497 e. The fourth-order valence-electron chi connectivity index (χ4n) is 5.19. The summed E-state index contributed by atoms with van der Waals surface area (Å²) in [6, 6.07) is 8.41. The lowest BCUT2D eigenvalue weighted by Gasteiger charge is -2.32. The Bertz CT molecular complexity index is 688. The summed E-state index contributed by atoms with van der Waals surface area (Å²) in [5.74, 6) is 0.814. The molecule has 1 N–H and O–H groups in total. The van der Waals surface area contributed by atoms with Crippen molar-refractivity contribution in [1.29, 1.82) is 0 Å². The van der Waals surface area contributed by atoms with Crippen LogP contribution >= 0.6 is 0 Å². The normalized spacial score (nSPS) is 25.1. The summed E-state index contributed by atoms with van der Waals surface area (Å²) in [5.41, 5.74) is 0.846. The van der Waals surface area contributed by atoms with Crippen molar-refractivity contribution < 1.29 is 14.3 Å². The summed E-state index contributed by atoms with van der Waals surface area (Å²) in [5, 5.41) is 3.36. The van der Waals surface area contributed by atoms with Gasteiger partial charge in [-0.1, -0.05) is 37.8 Å². The zero-order valence-corrected chi connectivity index (χ0v) is 16.2. The van der Waals surface area contributed by atoms with Crippen molar-refractivity contribution in [3.8, 4) is 5.75 Å². The molecule has 5 nitrogen and oxygen atoms in total. The van der Waals surface area contributed by atoms with Gasteiger partial charge in [-0.25, -0.2) is 0 Å². The fourth-order valence-corrected chi connectivity index (χ4v) is 5.19. The van der Waals surface area contributed by atoms with E-state index in [1.165, 1.54) is 12.8 Å². The van der Waals surface area contributed by atoms with Gasteiger partial charge in [0, 0.05) is 19.0 Å². The number of ether oxygens (including phenoxy) is 1. The Labute approximate surface area is 161 Å². The highest BCUT2D eigenvalue weighted by Crippen LogP contribution is 2.40. The van der Waals surface area contributed by atoms with Crippen LogP contribution < -0.4 is 10.1 Å². The second-order valence-electron chi connectivity index (χ2n) is 8.39. The smallest absolute Gasteiger partial charge is 0.226 e. The highest BCUT2D eigenvalue weighted by Gasteiger charge is 2.43. The maximum Gasteiger partial charge on any atom is 0.226 e. The largest absolute Gasteiger partial charge is 0.497 e. The van der Waals surface area contributed by atoms with E-state index in [1.807, 2.05) is 17.0 Å². The van der Waals surface area contributed by atoms with Gasteiger partial charge in [0.2, 0.25) is 11.8 Å². The Morgan fingerprint density at radius 1 is 1.11 bits per heavy atom. The molecular formula is C22H30N2O3. The molecule has 1 aromatic carbocycles. The Morgan fingerprint density at radius 3 is 2.41 bits per heavy atom. The standard InChI is InChI=1S/C22H30N2O3/c1-27-19-10-8-17(9-11-19)22(12-4-5-13-22)23-21(26)16-14-20(25)24(15-16)18-6-2-3-7-18/h8-11,16,18H,2-7,12-15H2,1H3,(H,23,26)/t16-/m0/s1. The number of nitrogens with one attached hydrogen (secondary N) is 1. The first-order valence-electron chi connectivity index (χ1n) is 10.4. The lowest BCUT2D eigenvalue weighted by molar-refractivity contribution is -0.130. The van der Waals surface area contributed by atoms with Gasteiger partial charge in [-0.15, -0.1) is 0 Å². The van der Waals surface area contributed by atoms with E-state index in [9.17, 15) is 9.59 Å². The molecule has 3 aliphatic rings. The van der Waals surface area contributed by atoms with Gasteiger partial charge < -0.3 is 15.0 Å². The van der Waals surface area contributed by atoms with E-state index in [4.69, 9.17) is 4.74 Å². The van der Waals surface area contributed by atoms with Crippen LogP contribution in [0.15, 0.2) is 24.3 Å². The Morgan fingerprint density at radius 2 is 1.78 bits per heavy atom. The zero-order chi connectivity index (χ0) is 18.9. The average molecular weight is 370 g/mol. The zero-order valence-electron chi connectivity index (χ0n) is 16.2. The lowest BCUT2D eigenvalue weighted by Crippen LogP contribution is -2.47. The maximum atomic E-state index is 13.1. The van der Waals surface area contributed by atoms with E-state index >= 15 is 0 Å². The first-order valence-corrected chi connectivity index (χ1v) is 10.4. The first-order chi connectivity index (χ1) is 13.1. The number of benzene rings is 1. The fraction of sp³-hybridized carbons (Fsp3) is 0.636. The highest BCUT2D eigenvalue weighted by molar-refractivity contribution is 5.89. The molecule has 2 amide bonds. The van der Waals surface area contributed by atoms with Crippen LogP contribution in [0.5, 0.6) is 5.75 Å². The van der Waals surface area contributed by atoms with Crippen LogP contribution in [-0.2, 0) is 15.1 Å². The number of methoxy groups -OCH3 is 1. The van der Waals surface area contributed by atoms with E-state index in [0.29, 0.717) is 19.0 Å². The Balaban J connectivity index is 1.47. The molecule has 27 heavy (non-hydrogen) atoms. The molecule has 1 heterocycles. The number of amides is 2. The molecule has 1 atom stereocenters. The second-order valence-corrected chi connectivity index (χ2v) is 8.39. The number of carbonyl (C=O) groups excluding carboxylic acids is 2. The molecule has 3 fully saturated rings. The Kier molecular flexibility index (Phi) is 5.11. The molecule has 1 aromatic rings. The summed E-state index contributed by atoms with van der Waals surface area (Å²) < 4.78 is 5.27. The van der Waals surface area contributed by atoms with Gasteiger partial charge in [0.15, 0.2) is 0 Å². The minimum atomic E-state index is -0.298. The van der Waals surface area contributed by atoms with Gasteiger partial charge in [0.25, 0.3) is 0 Å². The Hall–Kier alpha value is -2.04. The molecule has 1 saturated heterocycles. The molecule has 0 aromatic heterocycles. The monoisotopic (exact) mass is 370 g/mol. The van der Waals surface area contributed by atoms with Crippen LogP contribution in [0.1, 0.15) is 63.4 Å². The van der Waals surface area contributed by atoms with Gasteiger partial charge in [-0.2, -0.15) is 0 Å². The predicted octanol–water partition coefficient (Wildman–Crippen LogP) is 3.37. The summed E-state index contributed by atoms with van der Waals surface area (Å²) in [4.78, 5) is 27.5. The molecule has 2 aliphatic carbocycles. The van der Waals surface area contributed by atoms with Crippen LogP contribution in [0.25, 0.3) is 0 Å². The summed E-state index contributed by atoms with van der Waals surface area (Å²) in [6.07, 6.45) is 9.09. The average Bonchev–Trinajstić information content (AvgIpc) is 3.42.